The summed E-state index contributed by atoms with van der Waals surface area (Å²) in [5.74, 6) is 1.23. The summed E-state index contributed by atoms with van der Waals surface area (Å²) in [5.41, 5.74) is 2.68. The lowest BCUT2D eigenvalue weighted by Gasteiger charge is -2.34. The number of nitrogens with one attached hydrogen (secondary N) is 1. The number of benzene rings is 1. The summed E-state index contributed by atoms with van der Waals surface area (Å²) in [6, 6.07) is 12.5. The van der Waals surface area contributed by atoms with Crippen molar-refractivity contribution in [2.75, 3.05) is 18.0 Å². The van der Waals surface area contributed by atoms with E-state index in [1.165, 1.54) is 11.1 Å². The zero-order chi connectivity index (χ0) is 17.9. The number of halogens is 1. The van der Waals surface area contributed by atoms with Gasteiger partial charge in [0.15, 0.2) is 0 Å². The molecule has 0 radical (unpaired) electrons. The van der Waals surface area contributed by atoms with Crippen molar-refractivity contribution in [2.45, 2.75) is 38.1 Å². The summed E-state index contributed by atoms with van der Waals surface area (Å²) >= 11 is 5.91. The van der Waals surface area contributed by atoms with Gasteiger partial charge in [-0.15, -0.1) is 0 Å². The number of aromatic nitrogens is 1. The Morgan fingerprint density at radius 3 is 2.69 bits per heavy atom. The molecule has 0 saturated carbocycles. The van der Waals surface area contributed by atoms with Crippen LogP contribution >= 0.6 is 11.6 Å². The maximum atomic E-state index is 12.8. The molecule has 1 N–H and O–H groups in total. The third-order valence-electron chi connectivity index (χ3n) is 5.59. The zero-order valence-electron chi connectivity index (χ0n) is 14.8. The fourth-order valence-electron chi connectivity index (χ4n) is 4.12. The van der Waals surface area contributed by atoms with E-state index in [9.17, 15) is 4.79 Å². The molecule has 1 atom stereocenters. The number of hydrogen-bond acceptors (Lipinski definition) is 3. The van der Waals surface area contributed by atoms with Crippen LogP contribution in [0.5, 0.6) is 0 Å². The molecule has 0 spiro atoms. The molecule has 2 aromatic rings. The molecular weight excluding hydrogens is 346 g/mol. The van der Waals surface area contributed by atoms with E-state index >= 15 is 0 Å². The van der Waals surface area contributed by atoms with Gasteiger partial charge in [-0.2, -0.15) is 0 Å². The first-order valence-corrected chi connectivity index (χ1v) is 9.83. The number of anilines is 1. The molecule has 5 heteroatoms. The Kier molecular flexibility index (Phi) is 5.11. The molecule has 1 aliphatic heterocycles. The number of carbonyl (C=O) groups excluding carboxylic acids is 1. The fourth-order valence-corrected chi connectivity index (χ4v) is 4.23. The molecule has 1 aromatic heterocycles. The van der Waals surface area contributed by atoms with Gasteiger partial charge in [-0.3, -0.25) is 4.79 Å². The normalized spacial score (nSPS) is 20.5. The van der Waals surface area contributed by atoms with Crippen molar-refractivity contribution in [3.05, 3.63) is 58.7 Å². The average Bonchev–Trinajstić information content (AvgIpc) is 2.69. The van der Waals surface area contributed by atoms with E-state index in [2.05, 4.69) is 39.5 Å². The molecular formula is C21H24ClN3O. The van der Waals surface area contributed by atoms with Gasteiger partial charge >= 0.3 is 0 Å². The molecule has 26 heavy (non-hydrogen) atoms. The Balaban J connectivity index is 1.35. The third kappa shape index (κ3) is 3.70. The van der Waals surface area contributed by atoms with Gasteiger partial charge in [0, 0.05) is 25.2 Å². The van der Waals surface area contributed by atoms with Crippen LogP contribution in [-0.2, 0) is 11.2 Å². The second-order valence-corrected chi connectivity index (χ2v) is 7.68. The standard InChI is InChI=1S/C21H24ClN3O/c22-17-8-9-20(23-14-17)25-12-10-16(11-13-25)21(26)24-19-7-3-5-15-4-1-2-6-18(15)19/h1-2,4,6,8-9,14,16,19H,3,5,7,10-13H2,(H,24,26). The van der Waals surface area contributed by atoms with Gasteiger partial charge in [0.1, 0.15) is 5.82 Å². The highest BCUT2D eigenvalue weighted by Gasteiger charge is 2.28. The zero-order valence-corrected chi connectivity index (χ0v) is 15.6. The van der Waals surface area contributed by atoms with Gasteiger partial charge in [0.25, 0.3) is 0 Å². The van der Waals surface area contributed by atoms with Crippen molar-refractivity contribution < 1.29 is 4.79 Å². The minimum Gasteiger partial charge on any atom is -0.357 e. The van der Waals surface area contributed by atoms with Crippen LogP contribution in [0.1, 0.15) is 42.9 Å². The summed E-state index contributed by atoms with van der Waals surface area (Å²) in [6.07, 6.45) is 6.71. The molecule has 1 amide bonds. The quantitative estimate of drug-likeness (QED) is 0.884. The largest absolute Gasteiger partial charge is 0.357 e. The molecule has 1 aromatic carbocycles. The predicted octanol–water partition coefficient (Wildman–Crippen LogP) is 4.15. The molecule has 1 fully saturated rings. The number of rotatable bonds is 3. The minimum atomic E-state index is 0.0904. The van der Waals surface area contributed by atoms with Crippen molar-refractivity contribution >= 4 is 23.3 Å². The van der Waals surface area contributed by atoms with Crippen LogP contribution in [0.25, 0.3) is 0 Å². The molecule has 0 bridgehead atoms. The lowest BCUT2D eigenvalue weighted by molar-refractivity contribution is -0.126. The fraction of sp³-hybridized carbons (Fsp3) is 0.429. The lowest BCUT2D eigenvalue weighted by Crippen LogP contribution is -2.42. The van der Waals surface area contributed by atoms with Crippen molar-refractivity contribution in [1.29, 1.82) is 0 Å². The maximum Gasteiger partial charge on any atom is 0.223 e. The minimum absolute atomic E-state index is 0.0904. The topological polar surface area (TPSA) is 45.2 Å². The highest BCUT2D eigenvalue weighted by molar-refractivity contribution is 6.30. The van der Waals surface area contributed by atoms with Crippen molar-refractivity contribution in [2.24, 2.45) is 5.92 Å². The maximum absolute atomic E-state index is 12.8. The third-order valence-corrected chi connectivity index (χ3v) is 5.81. The van der Waals surface area contributed by atoms with Crippen LogP contribution in [0.2, 0.25) is 5.02 Å². The second kappa shape index (κ2) is 7.67. The smallest absolute Gasteiger partial charge is 0.223 e. The number of piperidine rings is 1. The number of aryl methyl sites for hydroxylation is 1. The summed E-state index contributed by atoms with van der Waals surface area (Å²) < 4.78 is 0. The summed E-state index contributed by atoms with van der Waals surface area (Å²) in [7, 11) is 0. The van der Waals surface area contributed by atoms with E-state index < -0.39 is 0 Å². The number of pyridine rings is 1. The summed E-state index contributed by atoms with van der Waals surface area (Å²) in [4.78, 5) is 19.4. The van der Waals surface area contributed by atoms with Crippen LogP contribution < -0.4 is 10.2 Å². The van der Waals surface area contributed by atoms with Gasteiger partial charge in [-0.05, 0) is 55.4 Å². The Hall–Kier alpha value is -2.07. The van der Waals surface area contributed by atoms with E-state index in [-0.39, 0.29) is 17.9 Å². The van der Waals surface area contributed by atoms with E-state index in [0.717, 1.165) is 51.0 Å². The van der Waals surface area contributed by atoms with Gasteiger partial charge in [0.2, 0.25) is 5.91 Å². The van der Waals surface area contributed by atoms with Gasteiger partial charge in [-0.1, -0.05) is 35.9 Å². The number of amides is 1. The molecule has 2 heterocycles. The van der Waals surface area contributed by atoms with Gasteiger partial charge in [-0.25, -0.2) is 4.98 Å². The Labute approximate surface area is 159 Å². The van der Waals surface area contributed by atoms with Crippen LogP contribution in [-0.4, -0.2) is 24.0 Å². The first kappa shape index (κ1) is 17.3. The van der Waals surface area contributed by atoms with Gasteiger partial charge in [0.05, 0.1) is 11.1 Å². The first-order valence-electron chi connectivity index (χ1n) is 9.45. The van der Waals surface area contributed by atoms with Crippen LogP contribution in [0.3, 0.4) is 0 Å². The molecule has 4 nitrogen and oxygen atoms in total. The van der Waals surface area contributed by atoms with E-state index in [0.29, 0.717) is 5.02 Å². The molecule has 1 aliphatic carbocycles. The summed E-state index contributed by atoms with van der Waals surface area (Å²) in [6.45, 7) is 1.71. The number of fused-ring (bicyclic) bond motifs is 1. The van der Waals surface area contributed by atoms with Crippen LogP contribution in [0.15, 0.2) is 42.6 Å². The monoisotopic (exact) mass is 369 g/mol. The molecule has 136 valence electrons. The van der Waals surface area contributed by atoms with Crippen molar-refractivity contribution in [3.63, 3.8) is 0 Å². The Morgan fingerprint density at radius 2 is 1.92 bits per heavy atom. The molecule has 2 aliphatic rings. The van der Waals surface area contributed by atoms with E-state index in [1.54, 1.807) is 6.20 Å². The Bertz CT molecular complexity index is 769. The predicted molar refractivity (Wildman–Crippen MR) is 104 cm³/mol. The van der Waals surface area contributed by atoms with E-state index in [1.807, 2.05) is 12.1 Å². The number of hydrogen-bond donors (Lipinski definition) is 1. The van der Waals surface area contributed by atoms with Crippen LogP contribution in [0, 0.1) is 5.92 Å². The molecule has 4 rings (SSSR count). The molecule has 1 saturated heterocycles. The second-order valence-electron chi connectivity index (χ2n) is 7.25. The highest BCUT2D eigenvalue weighted by Crippen LogP contribution is 2.30. The average molecular weight is 370 g/mol. The summed E-state index contributed by atoms with van der Waals surface area (Å²) in [5, 5.41) is 3.97. The lowest BCUT2D eigenvalue weighted by atomic mass is 9.87. The molecule has 1 unspecified atom stereocenters. The first-order chi connectivity index (χ1) is 12.7. The van der Waals surface area contributed by atoms with Crippen LogP contribution in [0.4, 0.5) is 5.82 Å². The van der Waals surface area contributed by atoms with Crippen molar-refractivity contribution in [3.8, 4) is 0 Å². The van der Waals surface area contributed by atoms with Gasteiger partial charge < -0.3 is 10.2 Å². The van der Waals surface area contributed by atoms with E-state index in [4.69, 9.17) is 11.6 Å². The number of nitrogens with zero attached hydrogens (tertiary/aromatic N) is 2. The van der Waals surface area contributed by atoms with Crippen molar-refractivity contribution in [1.82, 2.24) is 10.3 Å². The SMILES string of the molecule is O=C(NC1CCCc2ccccc21)C1CCN(c2ccc(Cl)cn2)CC1. The Morgan fingerprint density at radius 1 is 1.12 bits per heavy atom. The number of carbonyl (C=O) groups is 1. The highest BCUT2D eigenvalue weighted by atomic mass is 35.5.